The average molecular weight is 521 g/mol. The second kappa shape index (κ2) is 9.80. The van der Waals surface area contributed by atoms with Gasteiger partial charge < -0.3 is 14.6 Å². The first-order valence-corrected chi connectivity index (χ1v) is 13.0. The molecule has 5 rings (SSSR count). The van der Waals surface area contributed by atoms with E-state index in [1.165, 1.54) is 18.5 Å². The van der Waals surface area contributed by atoms with Gasteiger partial charge in [0.25, 0.3) is 10.0 Å². The highest BCUT2D eigenvalue weighted by molar-refractivity contribution is 7.99. The average Bonchev–Trinajstić information content (AvgIpc) is 3.40. The molecule has 0 atom stereocenters. The van der Waals surface area contributed by atoms with E-state index in [0.717, 1.165) is 11.8 Å². The number of nitrogens with one attached hydrogen (secondary N) is 2. The number of nitrogens with zero attached hydrogens (tertiary/aromatic N) is 2. The highest BCUT2D eigenvalue weighted by Crippen LogP contribution is 2.42. The number of fused-ring (bicyclic) bond motifs is 1. The molecule has 36 heavy (non-hydrogen) atoms. The van der Waals surface area contributed by atoms with Crippen LogP contribution in [-0.4, -0.2) is 35.8 Å². The summed E-state index contributed by atoms with van der Waals surface area (Å²) < 4.78 is 40.3. The van der Waals surface area contributed by atoms with Crippen molar-refractivity contribution in [1.82, 2.24) is 15.2 Å². The number of hydrogen-bond acceptors (Lipinski definition) is 8. The summed E-state index contributed by atoms with van der Waals surface area (Å²) in [6, 6.07) is 21.8. The van der Waals surface area contributed by atoms with Crippen molar-refractivity contribution in [3.63, 3.8) is 0 Å². The molecule has 182 valence electrons. The predicted octanol–water partition coefficient (Wildman–Crippen LogP) is 5.42. The fourth-order valence-corrected chi connectivity index (χ4v) is 5.43. The van der Waals surface area contributed by atoms with Gasteiger partial charge in [0.15, 0.2) is 16.7 Å². The zero-order valence-corrected chi connectivity index (χ0v) is 20.5. The molecule has 0 aliphatic rings. The lowest BCUT2D eigenvalue weighted by Gasteiger charge is -2.15. The zero-order chi connectivity index (χ0) is 25.1. The van der Waals surface area contributed by atoms with Gasteiger partial charge in [-0.2, -0.15) is 5.10 Å². The van der Waals surface area contributed by atoms with Crippen LogP contribution in [-0.2, 0) is 10.0 Å². The lowest BCUT2D eigenvalue weighted by atomic mass is 10.1. The predicted molar refractivity (Wildman–Crippen MR) is 136 cm³/mol. The minimum atomic E-state index is -3.96. The second-order valence-electron chi connectivity index (χ2n) is 7.54. The van der Waals surface area contributed by atoms with Crippen LogP contribution < -0.4 is 14.2 Å². The largest absolute Gasteiger partial charge is 0.506 e. The number of hydrogen-bond donors (Lipinski definition) is 3. The third-order valence-electron chi connectivity index (χ3n) is 5.26. The molecule has 0 unspecified atom stereocenters. The van der Waals surface area contributed by atoms with Gasteiger partial charge in [-0.25, -0.2) is 13.4 Å². The Morgan fingerprint density at radius 2 is 1.64 bits per heavy atom. The smallest absolute Gasteiger partial charge is 0.261 e. The molecule has 0 spiro atoms. The Kier molecular flexibility index (Phi) is 6.40. The van der Waals surface area contributed by atoms with Crippen molar-refractivity contribution in [1.29, 1.82) is 0 Å². The molecule has 0 saturated carbocycles. The Morgan fingerprint density at radius 1 is 0.944 bits per heavy atom. The maximum atomic E-state index is 13.3. The number of anilines is 1. The first kappa shape index (κ1) is 23.5. The van der Waals surface area contributed by atoms with Crippen molar-refractivity contribution < 1.29 is 23.0 Å². The molecule has 0 aliphatic heterocycles. The van der Waals surface area contributed by atoms with E-state index in [4.69, 9.17) is 9.47 Å². The Bertz CT molecular complexity index is 1620. The Labute approximate surface area is 211 Å². The van der Waals surface area contributed by atoms with Crippen molar-refractivity contribution in [2.24, 2.45) is 0 Å². The van der Waals surface area contributed by atoms with E-state index in [2.05, 4.69) is 19.9 Å². The topological polar surface area (TPSA) is 126 Å². The maximum Gasteiger partial charge on any atom is 0.261 e. The quantitative estimate of drug-likeness (QED) is 0.232. The summed E-state index contributed by atoms with van der Waals surface area (Å²) in [4.78, 5) is 4.53. The van der Waals surface area contributed by atoms with E-state index in [1.807, 2.05) is 12.1 Å². The minimum absolute atomic E-state index is 0.0211. The van der Waals surface area contributed by atoms with Crippen LogP contribution >= 0.6 is 11.8 Å². The Morgan fingerprint density at radius 3 is 2.33 bits per heavy atom. The molecule has 0 fully saturated rings. The summed E-state index contributed by atoms with van der Waals surface area (Å²) in [6.07, 6.45) is 1.35. The molecule has 0 aliphatic carbocycles. The molecule has 1 heterocycles. The van der Waals surface area contributed by atoms with Gasteiger partial charge in [-0.05, 0) is 54.2 Å². The summed E-state index contributed by atoms with van der Waals surface area (Å²) in [6.45, 7) is 0. The highest BCUT2D eigenvalue weighted by atomic mass is 32.2. The normalized spacial score (nSPS) is 11.4. The molecule has 0 bridgehead atoms. The van der Waals surface area contributed by atoms with Gasteiger partial charge in [0.05, 0.1) is 22.6 Å². The third-order valence-corrected chi connectivity index (χ3v) is 7.56. The number of phenolic OH excluding ortho intramolecular Hbond substituents is 1. The zero-order valence-electron chi connectivity index (χ0n) is 18.9. The van der Waals surface area contributed by atoms with Gasteiger partial charge in [0, 0.05) is 10.8 Å². The standard InChI is InChI=1S/C25H20N4O5S2/c1-33-21-8-4-5-9-22(21)34-16-10-12-17(13-11-16)36(31,32)29-20-14-23(35-25-26-15-27-28-25)24(30)19-7-3-2-6-18(19)20/h2-15,29-30H,1H3,(H,26,27,28). The van der Waals surface area contributed by atoms with Gasteiger partial charge in [0.1, 0.15) is 17.8 Å². The van der Waals surface area contributed by atoms with Crippen LogP contribution in [0.5, 0.6) is 23.0 Å². The van der Waals surface area contributed by atoms with Crippen LogP contribution in [0.1, 0.15) is 0 Å². The van der Waals surface area contributed by atoms with E-state index in [-0.39, 0.29) is 10.6 Å². The van der Waals surface area contributed by atoms with Crippen molar-refractivity contribution in [2.45, 2.75) is 14.9 Å². The summed E-state index contributed by atoms with van der Waals surface area (Å²) >= 11 is 1.14. The number of sulfonamides is 1. The van der Waals surface area contributed by atoms with Crippen molar-refractivity contribution in [2.75, 3.05) is 11.8 Å². The first-order chi connectivity index (χ1) is 17.4. The number of aromatic amines is 1. The molecule has 9 nitrogen and oxygen atoms in total. The molecular weight excluding hydrogens is 500 g/mol. The van der Waals surface area contributed by atoms with Crippen LogP contribution in [0.3, 0.4) is 0 Å². The molecule has 0 amide bonds. The summed E-state index contributed by atoms with van der Waals surface area (Å²) in [5.41, 5.74) is 0.319. The summed E-state index contributed by atoms with van der Waals surface area (Å²) in [5, 5.41) is 18.8. The van der Waals surface area contributed by atoms with Gasteiger partial charge in [-0.3, -0.25) is 9.82 Å². The Balaban J connectivity index is 1.45. The molecule has 1 aromatic heterocycles. The van der Waals surface area contributed by atoms with E-state index in [9.17, 15) is 13.5 Å². The van der Waals surface area contributed by atoms with Crippen molar-refractivity contribution in [3.05, 3.63) is 85.2 Å². The fourth-order valence-electron chi connectivity index (χ4n) is 3.56. The van der Waals surface area contributed by atoms with Gasteiger partial charge >= 0.3 is 0 Å². The number of ether oxygens (including phenoxy) is 2. The number of aromatic nitrogens is 3. The van der Waals surface area contributed by atoms with E-state index in [0.29, 0.717) is 43.8 Å². The fraction of sp³-hybridized carbons (Fsp3) is 0.0400. The number of phenols is 1. The number of benzene rings is 4. The first-order valence-electron chi connectivity index (χ1n) is 10.7. The number of H-pyrrole nitrogens is 1. The highest BCUT2D eigenvalue weighted by Gasteiger charge is 2.19. The summed E-state index contributed by atoms with van der Waals surface area (Å²) in [7, 11) is -2.41. The Hall–Kier alpha value is -4.22. The molecule has 3 N–H and O–H groups in total. The van der Waals surface area contributed by atoms with Crippen LogP contribution in [0, 0.1) is 0 Å². The molecule has 0 saturated heterocycles. The van der Waals surface area contributed by atoms with Crippen LogP contribution in [0.4, 0.5) is 5.69 Å². The SMILES string of the molecule is COc1ccccc1Oc1ccc(S(=O)(=O)Nc2cc(Sc3ncn[nH]3)c(O)c3ccccc23)cc1. The van der Waals surface area contributed by atoms with E-state index >= 15 is 0 Å². The third kappa shape index (κ3) is 4.79. The van der Waals surface area contributed by atoms with Crippen LogP contribution in [0.2, 0.25) is 0 Å². The second-order valence-corrected chi connectivity index (χ2v) is 10.3. The number of aromatic hydroxyl groups is 1. The van der Waals surface area contributed by atoms with Gasteiger partial charge in [-0.15, -0.1) is 0 Å². The van der Waals surface area contributed by atoms with Crippen LogP contribution in [0.25, 0.3) is 10.8 Å². The number of rotatable bonds is 8. The number of para-hydroxylation sites is 2. The monoisotopic (exact) mass is 520 g/mol. The van der Waals surface area contributed by atoms with E-state index < -0.39 is 10.0 Å². The maximum absolute atomic E-state index is 13.3. The van der Waals surface area contributed by atoms with Gasteiger partial charge in [0.2, 0.25) is 0 Å². The lowest BCUT2D eigenvalue weighted by Crippen LogP contribution is -2.13. The summed E-state index contributed by atoms with van der Waals surface area (Å²) in [5.74, 6) is 1.56. The van der Waals surface area contributed by atoms with Crippen LogP contribution in [0.15, 0.2) is 100 Å². The minimum Gasteiger partial charge on any atom is -0.506 e. The van der Waals surface area contributed by atoms with Crippen molar-refractivity contribution in [3.8, 4) is 23.0 Å². The molecule has 5 aromatic rings. The lowest BCUT2D eigenvalue weighted by molar-refractivity contribution is 0.379. The molecule has 0 radical (unpaired) electrons. The van der Waals surface area contributed by atoms with E-state index in [1.54, 1.807) is 61.7 Å². The molecular formula is C25H20N4O5S2. The molecule has 4 aromatic carbocycles. The molecule has 11 heteroatoms. The van der Waals surface area contributed by atoms with Gasteiger partial charge in [-0.1, -0.05) is 36.4 Å². The van der Waals surface area contributed by atoms with Crippen molar-refractivity contribution >= 4 is 38.2 Å². The number of methoxy groups -OCH3 is 1.